The maximum atomic E-state index is 15.3. The zero-order valence-corrected chi connectivity index (χ0v) is 19.2. The van der Waals surface area contributed by atoms with Crippen LogP contribution in [0.4, 0.5) is 4.39 Å². The minimum Gasteiger partial charge on any atom is -0.486 e. The number of benzene rings is 3. The van der Waals surface area contributed by atoms with Crippen LogP contribution in [0, 0.1) is 5.82 Å². The molecule has 0 fully saturated rings. The summed E-state index contributed by atoms with van der Waals surface area (Å²) in [5.74, 6) is 0.124. The van der Waals surface area contributed by atoms with Gasteiger partial charge in [-0.1, -0.05) is 29.8 Å². The molecular weight excluding hydrogens is 475 g/mol. The molecule has 6 rings (SSSR count). The highest BCUT2D eigenvalue weighted by Gasteiger charge is 2.29. The van der Waals surface area contributed by atoms with E-state index in [-0.39, 0.29) is 24.1 Å². The van der Waals surface area contributed by atoms with E-state index in [1.54, 1.807) is 12.1 Å². The monoisotopic (exact) mass is 494 g/mol. The van der Waals surface area contributed by atoms with Gasteiger partial charge in [0.1, 0.15) is 18.7 Å². The number of carbonyl (C=O) groups is 1. The predicted octanol–water partition coefficient (Wildman–Crippen LogP) is 5.39. The van der Waals surface area contributed by atoms with Gasteiger partial charge < -0.3 is 24.3 Å². The summed E-state index contributed by atoms with van der Waals surface area (Å²) in [7, 11) is 0. The van der Waals surface area contributed by atoms with Crippen molar-refractivity contribution in [2.45, 2.75) is 18.9 Å². The quantitative estimate of drug-likeness (QED) is 0.384. The standard InChI is InChI=1S/C26H20ClFN2O5/c27-23-14(13-4-7-20-21(10-13)34-9-8-33-20)2-1-3-16(23)26-30-19-11-17-15(24(28)25(19)35-26)5-6-18(17)29-12-22(31)32/h1-4,7,10-11,18,29H,5-6,8-9,12H2,(H,31,32)/t18-/m1/s1. The van der Waals surface area contributed by atoms with E-state index in [1.807, 2.05) is 30.3 Å². The average molecular weight is 495 g/mol. The number of ether oxygens (including phenoxy) is 2. The van der Waals surface area contributed by atoms with Crippen LogP contribution < -0.4 is 14.8 Å². The Morgan fingerprint density at radius 2 is 1.94 bits per heavy atom. The smallest absolute Gasteiger partial charge is 0.317 e. The molecule has 178 valence electrons. The summed E-state index contributed by atoms with van der Waals surface area (Å²) in [6, 6.07) is 12.6. The van der Waals surface area contributed by atoms with E-state index in [0.29, 0.717) is 64.8 Å². The van der Waals surface area contributed by atoms with Gasteiger partial charge in [-0.25, -0.2) is 9.37 Å². The van der Waals surface area contributed by atoms with Gasteiger partial charge in [0.05, 0.1) is 17.1 Å². The van der Waals surface area contributed by atoms with Gasteiger partial charge in [0.25, 0.3) is 0 Å². The Labute approximate surface area is 204 Å². The Hall–Kier alpha value is -3.62. The molecule has 1 atom stereocenters. The molecule has 2 heterocycles. The molecule has 35 heavy (non-hydrogen) atoms. The van der Waals surface area contributed by atoms with Gasteiger partial charge in [0.2, 0.25) is 5.89 Å². The van der Waals surface area contributed by atoms with Crippen LogP contribution in [0.15, 0.2) is 46.9 Å². The first-order valence-corrected chi connectivity index (χ1v) is 11.6. The van der Waals surface area contributed by atoms with E-state index in [2.05, 4.69) is 10.3 Å². The number of halogens is 2. The fraction of sp³-hybridized carbons (Fsp3) is 0.231. The lowest BCUT2D eigenvalue weighted by atomic mass is 10.0. The summed E-state index contributed by atoms with van der Waals surface area (Å²) in [6.07, 6.45) is 1.10. The molecule has 0 spiro atoms. The summed E-state index contributed by atoms with van der Waals surface area (Å²) in [4.78, 5) is 15.5. The molecular formula is C26H20ClFN2O5. The Bertz CT molecular complexity index is 1480. The number of hydrogen-bond donors (Lipinski definition) is 2. The van der Waals surface area contributed by atoms with Crippen LogP contribution in [0.25, 0.3) is 33.7 Å². The summed E-state index contributed by atoms with van der Waals surface area (Å²) in [6.45, 7) is 0.794. The summed E-state index contributed by atoms with van der Waals surface area (Å²) >= 11 is 6.79. The van der Waals surface area contributed by atoms with Gasteiger partial charge in [-0.3, -0.25) is 4.79 Å². The fourth-order valence-corrected chi connectivity index (χ4v) is 5.08. The molecule has 0 saturated heterocycles. The van der Waals surface area contributed by atoms with Crippen LogP contribution in [0.1, 0.15) is 23.6 Å². The first-order chi connectivity index (χ1) is 17.0. The zero-order chi connectivity index (χ0) is 24.1. The summed E-state index contributed by atoms with van der Waals surface area (Å²) < 4.78 is 32.5. The molecule has 2 N–H and O–H groups in total. The van der Waals surface area contributed by atoms with Crippen molar-refractivity contribution in [1.29, 1.82) is 0 Å². The van der Waals surface area contributed by atoms with Crippen molar-refractivity contribution in [1.82, 2.24) is 10.3 Å². The van der Waals surface area contributed by atoms with Crippen molar-refractivity contribution in [3.63, 3.8) is 0 Å². The van der Waals surface area contributed by atoms with Gasteiger partial charge in [0.15, 0.2) is 22.9 Å². The Morgan fingerprint density at radius 3 is 2.77 bits per heavy atom. The molecule has 0 radical (unpaired) electrons. The number of oxazole rings is 1. The van der Waals surface area contributed by atoms with Crippen LogP contribution in [0.2, 0.25) is 5.02 Å². The third kappa shape index (κ3) is 3.79. The number of aliphatic carboxylic acids is 1. The number of carboxylic acid groups (broad SMARTS) is 1. The molecule has 9 heteroatoms. The average Bonchev–Trinajstić information content (AvgIpc) is 3.47. The van der Waals surface area contributed by atoms with Crippen LogP contribution in [0.3, 0.4) is 0 Å². The second-order valence-corrected chi connectivity index (χ2v) is 8.90. The van der Waals surface area contributed by atoms with Crippen molar-refractivity contribution in [3.05, 3.63) is 64.4 Å². The topological polar surface area (TPSA) is 93.8 Å². The van der Waals surface area contributed by atoms with Crippen molar-refractivity contribution in [3.8, 4) is 34.1 Å². The van der Waals surface area contributed by atoms with E-state index in [4.69, 9.17) is 30.6 Å². The molecule has 1 aliphatic heterocycles. The molecule has 0 amide bonds. The van der Waals surface area contributed by atoms with Gasteiger partial charge in [-0.15, -0.1) is 0 Å². The third-order valence-electron chi connectivity index (χ3n) is 6.40. The van der Waals surface area contributed by atoms with Crippen LogP contribution in [-0.2, 0) is 11.2 Å². The van der Waals surface area contributed by atoms with E-state index in [9.17, 15) is 4.79 Å². The number of nitrogens with one attached hydrogen (secondary N) is 1. The van der Waals surface area contributed by atoms with Crippen molar-refractivity contribution in [2.24, 2.45) is 0 Å². The molecule has 3 aromatic carbocycles. The number of rotatable bonds is 5. The summed E-state index contributed by atoms with van der Waals surface area (Å²) in [5, 5.41) is 12.4. The van der Waals surface area contributed by atoms with Gasteiger partial charge in [-0.05, 0) is 53.8 Å². The fourth-order valence-electron chi connectivity index (χ4n) is 4.76. The highest BCUT2D eigenvalue weighted by atomic mass is 35.5. The second kappa shape index (κ2) is 8.55. The molecule has 7 nitrogen and oxygen atoms in total. The lowest BCUT2D eigenvalue weighted by molar-refractivity contribution is -0.136. The first kappa shape index (κ1) is 21.9. The highest BCUT2D eigenvalue weighted by Crippen LogP contribution is 2.42. The Balaban J connectivity index is 1.39. The van der Waals surface area contributed by atoms with Crippen molar-refractivity contribution < 1.29 is 28.2 Å². The number of aromatic nitrogens is 1. The van der Waals surface area contributed by atoms with Crippen LogP contribution in [-0.4, -0.2) is 35.8 Å². The molecule has 0 unspecified atom stereocenters. The van der Waals surface area contributed by atoms with Crippen molar-refractivity contribution in [2.75, 3.05) is 19.8 Å². The number of carboxylic acids is 1. The van der Waals surface area contributed by atoms with Gasteiger partial charge in [0, 0.05) is 11.6 Å². The lowest BCUT2D eigenvalue weighted by Crippen LogP contribution is -2.26. The number of hydrogen-bond acceptors (Lipinski definition) is 6. The minimum absolute atomic E-state index is 0.0680. The minimum atomic E-state index is -0.962. The molecule has 0 saturated carbocycles. The largest absolute Gasteiger partial charge is 0.486 e. The van der Waals surface area contributed by atoms with Crippen LogP contribution in [0.5, 0.6) is 11.5 Å². The maximum absolute atomic E-state index is 15.3. The van der Waals surface area contributed by atoms with E-state index in [0.717, 1.165) is 11.1 Å². The Morgan fingerprint density at radius 1 is 1.14 bits per heavy atom. The molecule has 0 bridgehead atoms. The maximum Gasteiger partial charge on any atom is 0.317 e. The SMILES string of the molecule is O=C(O)CN[C@@H]1CCc2c1cc1nc(-c3cccc(-c4ccc5c(c4)OCCO5)c3Cl)oc1c2F. The first-order valence-electron chi connectivity index (χ1n) is 11.3. The van der Waals surface area contributed by atoms with Crippen LogP contribution >= 0.6 is 11.6 Å². The van der Waals surface area contributed by atoms with Gasteiger partial charge >= 0.3 is 5.97 Å². The molecule has 1 aromatic heterocycles. The third-order valence-corrected chi connectivity index (χ3v) is 6.81. The van der Waals surface area contributed by atoms with E-state index >= 15 is 4.39 Å². The molecule has 1 aliphatic carbocycles. The normalized spacial score (nSPS) is 16.5. The number of nitrogens with zero attached hydrogens (tertiary/aromatic N) is 1. The van der Waals surface area contributed by atoms with Crippen molar-refractivity contribution >= 4 is 28.7 Å². The summed E-state index contributed by atoms with van der Waals surface area (Å²) in [5.41, 5.74) is 3.81. The molecule has 2 aliphatic rings. The van der Waals surface area contributed by atoms with E-state index < -0.39 is 11.8 Å². The second-order valence-electron chi connectivity index (χ2n) is 8.52. The zero-order valence-electron chi connectivity index (χ0n) is 18.4. The Kier molecular flexibility index (Phi) is 5.35. The van der Waals surface area contributed by atoms with E-state index in [1.165, 1.54) is 0 Å². The highest BCUT2D eigenvalue weighted by molar-refractivity contribution is 6.36. The molecule has 4 aromatic rings. The van der Waals surface area contributed by atoms with Gasteiger partial charge in [-0.2, -0.15) is 0 Å². The number of fused-ring (bicyclic) bond motifs is 3. The predicted molar refractivity (Wildman–Crippen MR) is 128 cm³/mol. The lowest BCUT2D eigenvalue weighted by Gasteiger charge is -2.19.